The van der Waals surface area contributed by atoms with Crippen molar-refractivity contribution in [2.24, 2.45) is 0 Å². The van der Waals surface area contributed by atoms with Gasteiger partial charge in [0.05, 0.1) is 13.1 Å². The van der Waals surface area contributed by atoms with Gasteiger partial charge in [-0.2, -0.15) is 0 Å². The number of benzene rings is 1. The van der Waals surface area contributed by atoms with Crippen molar-refractivity contribution in [1.29, 1.82) is 0 Å². The van der Waals surface area contributed by atoms with E-state index in [1.165, 1.54) is 12.1 Å². The van der Waals surface area contributed by atoms with Crippen LogP contribution in [0.15, 0.2) is 24.3 Å². The molecule has 0 spiro atoms. The maximum absolute atomic E-state index is 12.7. The van der Waals surface area contributed by atoms with E-state index in [4.69, 9.17) is 4.74 Å². The van der Waals surface area contributed by atoms with Gasteiger partial charge in [0, 0.05) is 26.2 Å². The Kier molecular flexibility index (Phi) is 10.9. The lowest BCUT2D eigenvalue weighted by molar-refractivity contribution is -0.122. The molecule has 0 atom stereocenters. The fourth-order valence-electron chi connectivity index (χ4n) is 2.02. The average Bonchev–Trinajstić information content (AvgIpc) is 2.46. The molecular formula is C14H22Cl2FN3O2. The van der Waals surface area contributed by atoms with E-state index in [9.17, 15) is 9.18 Å². The predicted molar refractivity (Wildman–Crippen MR) is 88.7 cm³/mol. The van der Waals surface area contributed by atoms with Gasteiger partial charge in [-0.25, -0.2) is 4.39 Å². The van der Waals surface area contributed by atoms with Crippen LogP contribution in [0.25, 0.3) is 0 Å². The third-order valence-electron chi connectivity index (χ3n) is 3.08. The van der Waals surface area contributed by atoms with E-state index in [0.29, 0.717) is 25.4 Å². The van der Waals surface area contributed by atoms with Crippen LogP contribution in [0.1, 0.15) is 0 Å². The van der Waals surface area contributed by atoms with Crippen molar-refractivity contribution in [1.82, 2.24) is 15.5 Å². The number of carbonyl (C=O) groups is 1. The van der Waals surface area contributed by atoms with E-state index < -0.39 is 0 Å². The van der Waals surface area contributed by atoms with E-state index >= 15 is 0 Å². The number of carbonyl (C=O) groups excluding carboxylic acids is 1. The van der Waals surface area contributed by atoms with Gasteiger partial charge in [-0.15, -0.1) is 24.8 Å². The van der Waals surface area contributed by atoms with Crippen molar-refractivity contribution in [3.8, 4) is 5.75 Å². The van der Waals surface area contributed by atoms with Crippen LogP contribution in [0.4, 0.5) is 4.39 Å². The normalized spacial score (nSPS) is 14.4. The molecular weight excluding hydrogens is 332 g/mol. The summed E-state index contributed by atoms with van der Waals surface area (Å²) >= 11 is 0. The van der Waals surface area contributed by atoms with Gasteiger partial charge in [-0.3, -0.25) is 9.69 Å². The Bertz CT molecular complexity index is 429. The fraction of sp³-hybridized carbons (Fsp3) is 0.500. The summed E-state index contributed by atoms with van der Waals surface area (Å²) in [5, 5.41) is 6.05. The number of amides is 1. The summed E-state index contributed by atoms with van der Waals surface area (Å²) in [6, 6.07) is 5.83. The second kappa shape index (κ2) is 11.5. The Labute approximate surface area is 142 Å². The zero-order valence-corrected chi connectivity index (χ0v) is 13.9. The number of piperazine rings is 1. The van der Waals surface area contributed by atoms with Gasteiger partial charge in [0.25, 0.3) is 0 Å². The van der Waals surface area contributed by atoms with Gasteiger partial charge in [-0.1, -0.05) is 0 Å². The summed E-state index contributed by atoms with van der Waals surface area (Å²) < 4.78 is 18.1. The van der Waals surface area contributed by atoms with E-state index in [-0.39, 0.29) is 36.5 Å². The molecule has 0 unspecified atom stereocenters. The summed E-state index contributed by atoms with van der Waals surface area (Å²) in [6.07, 6.45) is 0. The maximum Gasteiger partial charge on any atom is 0.234 e. The molecule has 0 aliphatic carbocycles. The average molecular weight is 354 g/mol. The highest BCUT2D eigenvalue weighted by Gasteiger charge is 2.12. The molecule has 1 fully saturated rings. The second-order valence-electron chi connectivity index (χ2n) is 4.68. The minimum absolute atomic E-state index is 0. The first-order valence-corrected chi connectivity index (χ1v) is 6.82. The molecule has 0 aromatic heterocycles. The summed E-state index contributed by atoms with van der Waals surface area (Å²) in [5.41, 5.74) is 0. The number of nitrogens with zero attached hydrogens (tertiary/aromatic N) is 1. The molecule has 0 bridgehead atoms. The van der Waals surface area contributed by atoms with E-state index in [2.05, 4.69) is 15.5 Å². The maximum atomic E-state index is 12.7. The standard InChI is InChI=1S/C14H20FN3O2.2ClH/c15-12-1-3-13(4-2-12)20-10-7-17-14(19)11-18-8-5-16-6-9-18;;/h1-4,16H,5-11H2,(H,17,19);2*1H. The Hall–Kier alpha value is -1.08. The quantitative estimate of drug-likeness (QED) is 0.751. The highest BCUT2D eigenvalue weighted by molar-refractivity contribution is 5.85. The van der Waals surface area contributed by atoms with Crippen molar-refractivity contribution in [3.05, 3.63) is 30.1 Å². The molecule has 2 rings (SSSR count). The van der Waals surface area contributed by atoms with Gasteiger partial charge in [0.2, 0.25) is 5.91 Å². The van der Waals surface area contributed by atoms with Crippen LogP contribution in [-0.2, 0) is 4.79 Å². The molecule has 22 heavy (non-hydrogen) atoms. The number of nitrogens with one attached hydrogen (secondary N) is 2. The van der Waals surface area contributed by atoms with Crippen LogP contribution < -0.4 is 15.4 Å². The first kappa shape index (κ1) is 20.9. The number of hydrogen-bond donors (Lipinski definition) is 2. The second-order valence-corrected chi connectivity index (χ2v) is 4.68. The molecule has 1 aliphatic rings. The van der Waals surface area contributed by atoms with Crippen LogP contribution >= 0.6 is 24.8 Å². The fourth-order valence-corrected chi connectivity index (χ4v) is 2.02. The smallest absolute Gasteiger partial charge is 0.234 e. The summed E-state index contributed by atoms with van der Waals surface area (Å²) in [7, 11) is 0. The molecule has 5 nitrogen and oxygen atoms in total. The van der Waals surface area contributed by atoms with Crippen molar-refractivity contribution in [3.63, 3.8) is 0 Å². The summed E-state index contributed by atoms with van der Waals surface area (Å²) in [5.74, 6) is 0.319. The SMILES string of the molecule is Cl.Cl.O=C(CN1CCNCC1)NCCOc1ccc(F)cc1. The van der Waals surface area contributed by atoms with Crippen molar-refractivity contribution >= 4 is 30.7 Å². The zero-order chi connectivity index (χ0) is 14.2. The Morgan fingerprint density at radius 1 is 1.23 bits per heavy atom. The highest BCUT2D eigenvalue weighted by atomic mass is 35.5. The van der Waals surface area contributed by atoms with Crippen molar-refractivity contribution in [2.75, 3.05) is 45.9 Å². The number of ether oxygens (including phenoxy) is 1. The van der Waals surface area contributed by atoms with Gasteiger partial charge in [0.1, 0.15) is 18.2 Å². The molecule has 126 valence electrons. The topological polar surface area (TPSA) is 53.6 Å². The number of hydrogen-bond acceptors (Lipinski definition) is 4. The first-order valence-electron chi connectivity index (χ1n) is 6.82. The van der Waals surface area contributed by atoms with Gasteiger partial charge in [0.15, 0.2) is 0 Å². The van der Waals surface area contributed by atoms with Crippen LogP contribution in [0.3, 0.4) is 0 Å². The Balaban J connectivity index is 0.00000220. The lowest BCUT2D eigenvalue weighted by Crippen LogP contribution is -2.47. The summed E-state index contributed by atoms with van der Waals surface area (Å²) in [6.45, 7) is 4.92. The number of halogens is 3. The van der Waals surface area contributed by atoms with Crippen molar-refractivity contribution < 1.29 is 13.9 Å². The molecule has 1 aliphatic heterocycles. The molecule has 1 heterocycles. The highest BCUT2D eigenvalue weighted by Crippen LogP contribution is 2.10. The largest absolute Gasteiger partial charge is 0.492 e. The summed E-state index contributed by atoms with van der Waals surface area (Å²) in [4.78, 5) is 13.8. The monoisotopic (exact) mass is 353 g/mol. The minimum atomic E-state index is -0.290. The molecule has 1 aromatic rings. The Morgan fingerprint density at radius 2 is 1.86 bits per heavy atom. The van der Waals surface area contributed by atoms with Gasteiger partial charge in [-0.05, 0) is 24.3 Å². The van der Waals surface area contributed by atoms with E-state index in [1.807, 2.05) is 0 Å². The van der Waals surface area contributed by atoms with Gasteiger partial charge < -0.3 is 15.4 Å². The lowest BCUT2D eigenvalue weighted by atomic mass is 10.3. The molecule has 0 radical (unpaired) electrons. The zero-order valence-electron chi connectivity index (χ0n) is 12.2. The third kappa shape index (κ3) is 7.79. The van der Waals surface area contributed by atoms with Crippen LogP contribution in [-0.4, -0.2) is 56.7 Å². The Morgan fingerprint density at radius 3 is 2.50 bits per heavy atom. The molecule has 1 saturated heterocycles. The number of rotatable bonds is 6. The molecule has 1 amide bonds. The van der Waals surface area contributed by atoms with Crippen LogP contribution in [0.5, 0.6) is 5.75 Å². The molecule has 1 aromatic carbocycles. The van der Waals surface area contributed by atoms with E-state index in [1.54, 1.807) is 12.1 Å². The van der Waals surface area contributed by atoms with Gasteiger partial charge >= 0.3 is 0 Å². The molecule has 2 N–H and O–H groups in total. The van der Waals surface area contributed by atoms with Crippen molar-refractivity contribution in [2.45, 2.75) is 0 Å². The minimum Gasteiger partial charge on any atom is -0.492 e. The molecule has 0 saturated carbocycles. The molecule has 8 heteroatoms. The van der Waals surface area contributed by atoms with Crippen LogP contribution in [0, 0.1) is 5.82 Å². The lowest BCUT2D eigenvalue weighted by Gasteiger charge is -2.26. The predicted octanol–water partition coefficient (Wildman–Crippen LogP) is 1.07. The van der Waals surface area contributed by atoms with Crippen LogP contribution in [0.2, 0.25) is 0 Å². The van der Waals surface area contributed by atoms with E-state index in [0.717, 1.165) is 26.2 Å². The third-order valence-corrected chi connectivity index (χ3v) is 3.08. The first-order chi connectivity index (χ1) is 9.74.